The normalized spacial score (nSPS) is 31.2. The molecule has 0 amide bonds. The van der Waals surface area contributed by atoms with Crippen LogP contribution in [0.2, 0.25) is 0 Å². The largest absolute Gasteiger partial charge is 0.504 e. The van der Waals surface area contributed by atoms with E-state index in [1.54, 1.807) is 6.07 Å². The van der Waals surface area contributed by atoms with Crippen molar-refractivity contribution in [3.05, 3.63) is 83.0 Å². The van der Waals surface area contributed by atoms with Crippen LogP contribution in [0.1, 0.15) is 47.8 Å². The van der Waals surface area contributed by atoms with Gasteiger partial charge in [0.2, 0.25) is 0 Å². The number of fused-ring (bicyclic) bond motifs is 4. The van der Waals surface area contributed by atoms with Gasteiger partial charge in [0.1, 0.15) is 0 Å². The number of phenolic OH excluding ortho intramolecular Hbond substituents is 1. The molecule has 37 heavy (non-hydrogen) atoms. The van der Waals surface area contributed by atoms with E-state index in [0.29, 0.717) is 12.2 Å². The molecule has 4 aromatic rings. The van der Waals surface area contributed by atoms with Crippen molar-refractivity contribution < 1.29 is 14.9 Å². The number of hydrogen-bond acceptors (Lipinski definition) is 4. The molecule has 2 bridgehead atoms. The number of aromatic hydroxyl groups is 1. The first-order chi connectivity index (χ1) is 18.1. The fourth-order valence-electron chi connectivity index (χ4n) is 8.43. The monoisotopic (exact) mass is 490 g/mol. The molecule has 1 aromatic heterocycles. The molecule has 3 aliphatic carbocycles. The third-order valence-corrected chi connectivity index (χ3v) is 10.3. The number of aromatic amines is 1. The molecule has 5 aliphatic rings. The van der Waals surface area contributed by atoms with Crippen molar-refractivity contribution in [2.45, 2.75) is 55.3 Å². The van der Waals surface area contributed by atoms with Crippen LogP contribution in [-0.4, -0.2) is 44.8 Å². The third-order valence-electron chi connectivity index (χ3n) is 10.3. The molecule has 9 rings (SSSR count). The van der Waals surface area contributed by atoms with Gasteiger partial charge in [-0.3, -0.25) is 4.90 Å². The quantitative estimate of drug-likeness (QED) is 0.367. The highest BCUT2D eigenvalue weighted by atomic mass is 16.5. The lowest BCUT2D eigenvalue weighted by Crippen LogP contribution is -2.74. The van der Waals surface area contributed by atoms with Gasteiger partial charge >= 0.3 is 0 Å². The van der Waals surface area contributed by atoms with E-state index in [0.717, 1.165) is 48.6 Å². The molecule has 3 N–H and O–H groups in total. The lowest BCUT2D eigenvalue weighted by molar-refractivity contribution is -0.173. The molecule has 1 saturated heterocycles. The van der Waals surface area contributed by atoms with Gasteiger partial charge in [0.05, 0.1) is 16.7 Å². The number of aliphatic hydroxyl groups is 1. The number of likely N-dealkylation sites (tertiary alicyclic amines) is 1. The Bertz CT molecular complexity index is 1610. The van der Waals surface area contributed by atoms with Crippen LogP contribution in [0.4, 0.5) is 0 Å². The molecular weight excluding hydrogens is 460 g/mol. The summed E-state index contributed by atoms with van der Waals surface area (Å²) in [5.41, 5.74) is 6.49. The van der Waals surface area contributed by atoms with E-state index in [9.17, 15) is 10.2 Å². The van der Waals surface area contributed by atoms with Crippen LogP contribution in [0, 0.1) is 5.92 Å². The van der Waals surface area contributed by atoms with Gasteiger partial charge in [0.25, 0.3) is 0 Å². The molecule has 0 radical (unpaired) electrons. The summed E-state index contributed by atoms with van der Waals surface area (Å²) in [6.07, 6.45) is 4.52. The fraction of sp³-hybridized carbons (Fsp3) is 0.375. The maximum Gasteiger partial charge on any atom is 0.166 e. The van der Waals surface area contributed by atoms with Crippen molar-refractivity contribution in [1.29, 1.82) is 0 Å². The fourth-order valence-corrected chi connectivity index (χ4v) is 8.43. The first kappa shape index (κ1) is 20.7. The number of H-pyrrole nitrogens is 1. The highest BCUT2D eigenvalue weighted by Gasteiger charge is 2.72. The average Bonchev–Trinajstić information content (AvgIpc) is 3.55. The van der Waals surface area contributed by atoms with Crippen LogP contribution in [0.15, 0.2) is 60.7 Å². The standard InChI is InChI=1S/C32H30N2O3/c35-25-11-9-21-15-26-32(36)16-23-22-14-20(19-4-2-1-3-5-19)8-10-24(22)33-28(23)30-31(32,27(21)29(25)37-30)12-13-34(26)17-18-6-7-18/h1-5,8-11,14,18,26,30,33,35-36H,6-7,12-13,15-17H2/t26-,30+,31+,32-/m1/s1. The molecule has 1 saturated carbocycles. The van der Waals surface area contributed by atoms with Crippen molar-refractivity contribution in [2.75, 3.05) is 13.1 Å². The van der Waals surface area contributed by atoms with Crippen LogP contribution < -0.4 is 4.74 Å². The minimum Gasteiger partial charge on any atom is -0.504 e. The van der Waals surface area contributed by atoms with Gasteiger partial charge in [-0.05, 0) is 78.6 Å². The molecule has 1 spiro atoms. The number of ether oxygens (including phenoxy) is 1. The maximum absolute atomic E-state index is 13.0. The summed E-state index contributed by atoms with van der Waals surface area (Å²) in [5, 5.41) is 25.1. The van der Waals surface area contributed by atoms with Gasteiger partial charge in [-0.15, -0.1) is 0 Å². The molecule has 5 heteroatoms. The van der Waals surface area contributed by atoms with E-state index in [2.05, 4.69) is 58.4 Å². The molecule has 186 valence electrons. The minimum atomic E-state index is -0.957. The Balaban J connectivity index is 1.28. The highest BCUT2D eigenvalue weighted by molar-refractivity contribution is 5.90. The molecular formula is C32H30N2O3. The van der Waals surface area contributed by atoms with Gasteiger partial charge < -0.3 is 19.9 Å². The third kappa shape index (κ3) is 2.47. The summed E-state index contributed by atoms with van der Waals surface area (Å²) in [7, 11) is 0. The van der Waals surface area contributed by atoms with Crippen LogP contribution in [0.3, 0.4) is 0 Å². The van der Waals surface area contributed by atoms with Crippen molar-refractivity contribution >= 4 is 10.9 Å². The van der Waals surface area contributed by atoms with Crippen LogP contribution >= 0.6 is 0 Å². The van der Waals surface area contributed by atoms with Crippen molar-refractivity contribution in [1.82, 2.24) is 9.88 Å². The Labute approximate surface area is 215 Å². The van der Waals surface area contributed by atoms with E-state index in [-0.39, 0.29) is 17.9 Å². The Hall–Kier alpha value is -3.28. The lowest BCUT2D eigenvalue weighted by atomic mass is 9.49. The average molecular weight is 491 g/mol. The summed E-state index contributed by atoms with van der Waals surface area (Å²) in [6, 6.07) is 21.0. The molecule has 2 fully saturated rings. The molecule has 4 atom stereocenters. The molecule has 0 unspecified atom stereocenters. The van der Waals surface area contributed by atoms with Crippen LogP contribution in [0.25, 0.3) is 22.0 Å². The SMILES string of the molecule is Oc1ccc2c3c1O[C@H]1c4[nH]c5ccc(-c6ccccc6)cc5c4C[C@@]4(O)[C@@H](C2)N(CC2CC2)CC[C@]314. The van der Waals surface area contributed by atoms with Gasteiger partial charge in [-0.25, -0.2) is 0 Å². The van der Waals surface area contributed by atoms with Crippen molar-refractivity contribution in [3.8, 4) is 22.6 Å². The highest BCUT2D eigenvalue weighted by Crippen LogP contribution is 2.69. The summed E-state index contributed by atoms with van der Waals surface area (Å²) in [4.78, 5) is 6.31. The number of benzene rings is 3. The Kier molecular flexibility index (Phi) is 3.80. The first-order valence-corrected chi connectivity index (χ1v) is 13.8. The van der Waals surface area contributed by atoms with E-state index in [4.69, 9.17) is 4.74 Å². The second-order valence-corrected chi connectivity index (χ2v) is 12.1. The van der Waals surface area contributed by atoms with Crippen molar-refractivity contribution in [3.63, 3.8) is 0 Å². The van der Waals surface area contributed by atoms with Gasteiger partial charge in [-0.1, -0.05) is 42.5 Å². The Morgan fingerprint density at radius 3 is 2.73 bits per heavy atom. The maximum atomic E-state index is 13.0. The topological polar surface area (TPSA) is 68.7 Å². The summed E-state index contributed by atoms with van der Waals surface area (Å²) in [6.45, 7) is 2.04. The Morgan fingerprint density at radius 1 is 1.03 bits per heavy atom. The van der Waals surface area contributed by atoms with E-state index >= 15 is 0 Å². The number of aromatic nitrogens is 1. The smallest absolute Gasteiger partial charge is 0.166 e. The van der Waals surface area contributed by atoms with Crippen molar-refractivity contribution in [2.24, 2.45) is 5.92 Å². The summed E-state index contributed by atoms with van der Waals surface area (Å²) in [5.74, 6) is 1.55. The predicted octanol–water partition coefficient (Wildman–Crippen LogP) is 5.24. The number of phenols is 1. The van der Waals surface area contributed by atoms with Gasteiger partial charge in [-0.2, -0.15) is 0 Å². The van der Waals surface area contributed by atoms with E-state index in [1.807, 2.05) is 6.07 Å². The van der Waals surface area contributed by atoms with Crippen LogP contribution in [-0.2, 0) is 18.3 Å². The lowest BCUT2D eigenvalue weighted by Gasteiger charge is -2.62. The first-order valence-electron chi connectivity index (χ1n) is 13.8. The number of nitrogens with one attached hydrogen (secondary N) is 1. The second-order valence-electron chi connectivity index (χ2n) is 12.1. The molecule has 3 heterocycles. The zero-order valence-electron chi connectivity index (χ0n) is 20.7. The molecule has 5 nitrogen and oxygen atoms in total. The summed E-state index contributed by atoms with van der Waals surface area (Å²) >= 11 is 0. The van der Waals surface area contributed by atoms with Gasteiger partial charge in [0, 0.05) is 35.5 Å². The number of nitrogens with zero attached hydrogens (tertiary/aromatic N) is 1. The number of piperidine rings is 1. The Morgan fingerprint density at radius 2 is 1.89 bits per heavy atom. The van der Waals surface area contributed by atoms with Crippen LogP contribution in [0.5, 0.6) is 11.5 Å². The van der Waals surface area contributed by atoms with E-state index < -0.39 is 11.0 Å². The zero-order chi connectivity index (χ0) is 24.5. The van der Waals surface area contributed by atoms with E-state index in [1.165, 1.54) is 40.5 Å². The predicted molar refractivity (Wildman–Crippen MR) is 142 cm³/mol. The molecule has 3 aromatic carbocycles. The second kappa shape index (κ2) is 6.77. The molecule has 2 aliphatic heterocycles. The minimum absolute atomic E-state index is 0.0475. The van der Waals surface area contributed by atoms with Gasteiger partial charge in [0.15, 0.2) is 17.6 Å². The zero-order valence-corrected chi connectivity index (χ0v) is 20.7. The summed E-state index contributed by atoms with van der Waals surface area (Å²) < 4.78 is 6.71. The number of rotatable bonds is 3. The number of hydrogen-bond donors (Lipinski definition) is 3.